The summed E-state index contributed by atoms with van der Waals surface area (Å²) < 4.78 is 10.3. The summed E-state index contributed by atoms with van der Waals surface area (Å²) in [6.45, 7) is 2.83. The van der Waals surface area contributed by atoms with Gasteiger partial charge < -0.3 is 14.4 Å². The lowest BCUT2D eigenvalue weighted by molar-refractivity contribution is -0.384. The normalized spacial score (nSPS) is 19.2. The third-order valence-electron chi connectivity index (χ3n) is 4.25. The zero-order chi connectivity index (χ0) is 19.4. The fourth-order valence-electron chi connectivity index (χ4n) is 2.88. The Bertz CT molecular complexity index is 791. The molecule has 2 heterocycles. The number of amides is 2. The largest absolute Gasteiger partial charge is 0.383 e. The van der Waals surface area contributed by atoms with Crippen molar-refractivity contribution in [2.75, 3.05) is 51.5 Å². The molecule has 10 heteroatoms. The molecule has 0 N–H and O–H groups in total. The van der Waals surface area contributed by atoms with Crippen LogP contribution in [0.25, 0.3) is 6.08 Å². The van der Waals surface area contributed by atoms with E-state index in [1.165, 1.54) is 19.2 Å². The van der Waals surface area contributed by atoms with Crippen LogP contribution in [-0.4, -0.2) is 67.5 Å². The molecule has 2 amide bonds. The Hall–Kier alpha value is -2.43. The molecule has 0 unspecified atom stereocenters. The number of hydrogen-bond donors (Lipinski definition) is 0. The number of nitrogens with zero attached hydrogens (tertiary/aromatic N) is 3. The molecule has 9 nitrogen and oxygen atoms in total. The summed E-state index contributed by atoms with van der Waals surface area (Å²) in [5.74, 6) is -0.415. The quantitative estimate of drug-likeness (QED) is 0.411. The molecule has 1 aromatic carbocycles. The molecule has 144 valence electrons. The number of methoxy groups -OCH3 is 1. The summed E-state index contributed by atoms with van der Waals surface area (Å²) in [6, 6.07) is 4.53. The lowest BCUT2D eigenvalue weighted by atomic mass is 10.1. The highest BCUT2D eigenvalue weighted by Crippen LogP contribution is 2.35. The number of morpholine rings is 1. The Morgan fingerprint density at radius 1 is 1.33 bits per heavy atom. The third kappa shape index (κ3) is 4.29. The topological polar surface area (TPSA) is 102 Å². The molecule has 0 aromatic heterocycles. The first-order chi connectivity index (χ1) is 13.0. The molecule has 2 fully saturated rings. The number of hydrogen-bond acceptors (Lipinski definition) is 8. The molecule has 0 aliphatic carbocycles. The molecule has 0 radical (unpaired) electrons. The van der Waals surface area contributed by atoms with Gasteiger partial charge in [0.05, 0.1) is 36.2 Å². The van der Waals surface area contributed by atoms with Gasteiger partial charge in [-0.05, 0) is 23.9 Å². The molecule has 2 saturated heterocycles. The van der Waals surface area contributed by atoms with Crippen LogP contribution in [0.15, 0.2) is 23.1 Å². The van der Waals surface area contributed by atoms with E-state index in [0.717, 1.165) is 22.3 Å². The predicted octanol–water partition coefficient (Wildman–Crippen LogP) is 2.11. The molecule has 0 atom stereocenters. The van der Waals surface area contributed by atoms with Gasteiger partial charge in [-0.25, -0.2) is 0 Å². The van der Waals surface area contributed by atoms with E-state index in [0.29, 0.717) is 31.9 Å². The van der Waals surface area contributed by atoms with Crippen LogP contribution >= 0.6 is 11.8 Å². The van der Waals surface area contributed by atoms with Crippen molar-refractivity contribution in [1.29, 1.82) is 0 Å². The van der Waals surface area contributed by atoms with Crippen LogP contribution in [0.2, 0.25) is 0 Å². The molecule has 2 aliphatic heterocycles. The second-order valence-corrected chi connectivity index (χ2v) is 6.92. The molecule has 0 bridgehead atoms. The predicted molar refractivity (Wildman–Crippen MR) is 101 cm³/mol. The highest BCUT2D eigenvalue weighted by Gasteiger charge is 2.35. The fourth-order valence-corrected chi connectivity index (χ4v) is 3.74. The summed E-state index contributed by atoms with van der Waals surface area (Å²) in [7, 11) is 1.49. The summed E-state index contributed by atoms with van der Waals surface area (Å²) in [5.41, 5.74) is 1.23. The van der Waals surface area contributed by atoms with Gasteiger partial charge in [0.25, 0.3) is 16.8 Å². The minimum atomic E-state index is -0.481. The van der Waals surface area contributed by atoms with E-state index in [1.807, 2.05) is 4.90 Å². The highest BCUT2D eigenvalue weighted by atomic mass is 32.2. The van der Waals surface area contributed by atoms with Gasteiger partial charge >= 0.3 is 0 Å². The zero-order valence-electron chi connectivity index (χ0n) is 14.8. The molecular weight excluding hydrogens is 374 g/mol. The van der Waals surface area contributed by atoms with Crippen LogP contribution in [0.5, 0.6) is 0 Å². The maximum atomic E-state index is 12.5. The maximum Gasteiger partial charge on any atom is 0.293 e. The molecule has 0 saturated carbocycles. The van der Waals surface area contributed by atoms with Gasteiger partial charge in [0.1, 0.15) is 0 Å². The van der Waals surface area contributed by atoms with Crippen LogP contribution in [-0.2, 0) is 14.3 Å². The van der Waals surface area contributed by atoms with E-state index in [4.69, 9.17) is 9.47 Å². The molecule has 27 heavy (non-hydrogen) atoms. The minimum Gasteiger partial charge on any atom is -0.383 e. The first-order valence-electron chi connectivity index (χ1n) is 8.36. The Kier molecular flexibility index (Phi) is 6.09. The van der Waals surface area contributed by atoms with Gasteiger partial charge in [0.15, 0.2) is 0 Å². The van der Waals surface area contributed by atoms with Crippen molar-refractivity contribution < 1.29 is 24.0 Å². The van der Waals surface area contributed by atoms with Crippen molar-refractivity contribution >= 4 is 40.4 Å². The van der Waals surface area contributed by atoms with Crippen LogP contribution in [0.4, 0.5) is 16.2 Å². The maximum absolute atomic E-state index is 12.5. The fraction of sp³-hybridized carbons (Fsp3) is 0.412. The van der Waals surface area contributed by atoms with Crippen molar-refractivity contribution in [3.05, 3.63) is 38.8 Å². The van der Waals surface area contributed by atoms with Crippen molar-refractivity contribution in [2.24, 2.45) is 0 Å². The van der Waals surface area contributed by atoms with Gasteiger partial charge in [-0.2, -0.15) is 0 Å². The Balaban J connectivity index is 1.95. The van der Waals surface area contributed by atoms with Crippen LogP contribution < -0.4 is 4.90 Å². The highest BCUT2D eigenvalue weighted by molar-refractivity contribution is 8.18. The number of nitro groups is 1. The second-order valence-electron chi connectivity index (χ2n) is 5.93. The smallest absolute Gasteiger partial charge is 0.293 e. The first kappa shape index (κ1) is 19.3. The van der Waals surface area contributed by atoms with Crippen LogP contribution in [0.1, 0.15) is 5.56 Å². The number of anilines is 1. The van der Waals surface area contributed by atoms with Crippen molar-refractivity contribution in [1.82, 2.24) is 4.90 Å². The van der Waals surface area contributed by atoms with E-state index < -0.39 is 10.8 Å². The van der Waals surface area contributed by atoms with E-state index in [-0.39, 0.29) is 29.0 Å². The second kappa shape index (κ2) is 8.51. The van der Waals surface area contributed by atoms with Gasteiger partial charge in [-0.15, -0.1) is 0 Å². The summed E-state index contributed by atoms with van der Waals surface area (Å²) in [4.78, 5) is 38.7. The van der Waals surface area contributed by atoms with Crippen LogP contribution in [0.3, 0.4) is 0 Å². The average Bonchev–Trinajstić information content (AvgIpc) is 2.93. The SMILES string of the molecule is COCCN1C(=O)S/C(=C\c2cc([N+](=O)[O-])ccc2N2CCOCC2)C1=O. The minimum absolute atomic E-state index is 0.0723. The number of thioether (sulfide) groups is 1. The lowest BCUT2D eigenvalue weighted by Gasteiger charge is -2.30. The number of rotatable bonds is 6. The van der Waals surface area contributed by atoms with Gasteiger partial charge in [-0.3, -0.25) is 24.6 Å². The molecule has 2 aliphatic rings. The summed E-state index contributed by atoms with van der Waals surface area (Å²) in [5, 5.41) is 10.8. The van der Waals surface area contributed by atoms with Crippen molar-refractivity contribution in [3.8, 4) is 0 Å². The Labute approximate surface area is 160 Å². The van der Waals surface area contributed by atoms with Gasteiger partial charge in [0.2, 0.25) is 0 Å². The Morgan fingerprint density at radius 3 is 2.74 bits per heavy atom. The number of carbonyl (C=O) groups is 2. The first-order valence-corrected chi connectivity index (χ1v) is 9.18. The lowest BCUT2D eigenvalue weighted by Crippen LogP contribution is -2.36. The average molecular weight is 393 g/mol. The number of carbonyl (C=O) groups excluding carboxylic acids is 2. The summed E-state index contributed by atoms with van der Waals surface area (Å²) in [6.07, 6.45) is 1.55. The number of benzene rings is 1. The van der Waals surface area contributed by atoms with E-state index in [9.17, 15) is 19.7 Å². The van der Waals surface area contributed by atoms with E-state index >= 15 is 0 Å². The molecular formula is C17H19N3O6S. The summed E-state index contributed by atoms with van der Waals surface area (Å²) >= 11 is 0.827. The van der Waals surface area contributed by atoms with Gasteiger partial charge in [0, 0.05) is 43.6 Å². The van der Waals surface area contributed by atoms with Crippen LogP contribution in [0, 0.1) is 10.1 Å². The third-order valence-corrected chi connectivity index (χ3v) is 5.16. The number of nitro benzene ring substituents is 1. The number of non-ortho nitro benzene ring substituents is 1. The van der Waals surface area contributed by atoms with E-state index in [2.05, 4.69) is 0 Å². The molecule has 3 rings (SSSR count). The van der Waals surface area contributed by atoms with Crippen molar-refractivity contribution in [2.45, 2.75) is 0 Å². The Morgan fingerprint density at radius 2 is 2.07 bits per heavy atom. The van der Waals surface area contributed by atoms with Gasteiger partial charge in [-0.1, -0.05) is 0 Å². The monoisotopic (exact) mass is 393 g/mol. The number of ether oxygens (including phenoxy) is 2. The van der Waals surface area contributed by atoms with Crippen molar-refractivity contribution in [3.63, 3.8) is 0 Å². The zero-order valence-corrected chi connectivity index (χ0v) is 15.6. The van der Waals surface area contributed by atoms with E-state index in [1.54, 1.807) is 12.1 Å². The molecule has 1 aromatic rings. The molecule has 0 spiro atoms. The number of imide groups is 1. The standard InChI is InChI=1S/C17H19N3O6S/c1-25-7-6-19-16(21)15(27-17(19)22)11-12-10-13(20(23)24)2-3-14(12)18-4-8-26-9-5-18/h2-3,10-11H,4-9H2,1H3/b15-11-.